The number of rotatable bonds is 6. The number of amides is 1. The van der Waals surface area contributed by atoms with Gasteiger partial charge in [0.2, 0.25) is 0 Å². The van der Waals surface area contributed by atoms with Gasteiger partial charge in [0.25, 0.3) is 11.6 Å². The van der Waals surface area contributed by atoms with Gasteiger partial charge in [-0.1, -0.05) is 23.9 Å². The molecule has 1 N–H and O–H groups in total. The van der Waals surface area contributed by atoms with Crippen molar-refractivity contribution in [2.45, 2.75) is 0 Å². The van der Waals surface area contributed by atoms with E-state index >= 15 is 0 Å². The minimum absolute atomic E-state index is 0.0560. The van der Waals surface area contributed by atoms with E-state index in [0.29, 0.717) is 0 Å². The summed E-state index contributed by atoms with van der Waals surface area (Å²) in [5.74, 6) is -1.87. The third kappa shape index (κ3) is 4.50. The Morgan fingerprint density at radius 2 is 2.08 bits per heavy atom. The summed E-state index contributed by atoms with van der Waals surface area (Å²) < 4.78 is 18.2. The van der Waals surface area contributed by atoms with E-state index in [0.717, 1.165) is 24.4 Å². The Kier molecular flexibility index (Phi) is 5.40. The Morgan fingerprint density at radius 3 is 2.79 bits per heavy atom. The fourth-order valence-corrected chi connectivity index (χ4v) is 1.66. The van der Waals surface area contributed by atoms with Crippen LogP contribution in [0.25, 0.3) is 0 Å². The Balaban J connectivity index is 1.92. The average molecular weight is 332 g/mol. The smallest absolute Gasteiger partial charge is 0.277 e. The molecular weight excluding hydrogens is 321 g/mol. The highest BCUT2D eigenvalue weighted by atomic mass is 19.1. The number of nitro benzene ring substituents is 1. The largest absolute Gasteiger partial charge is 0.872 e. The fourth-order valence-electron chi connectivity index (χ4n) is 1.66. The minimum Gasteiger partial charge on any atom is -0.872 e. The molecule has 0 saturated carbocycles. The lowest BCUT2D eigenvalue weighted by Crippen LogP contribution is -2.24. The molecule has 2 aromatic carbocycles. The first-order valence-corrected chi connectivity index (χ1v) is 6.62. The van der Waals surface area contributed by atoms with Gasteiger partial charge in [-0.3, -0.25) is 14.9 Å². The van der Waals surface area contributed by atoms with Crippen LogP contribution < -0.4 is 15.3 Å². The van der Waals surface area contributed by atoms with Crippen molar-refractivity contribution in [2.24, 2.45) is 5.10 Å². The molecule has 0 spiro atoms. The molecule has 0 saturated heterocycles. The molecule has 0 atom stereocenters. The highest BCUT2D eigenvalue weighted by Crippen LogP contribution is 2.19. The molecule has 0 fully saturated rings. The molecule has 9 heteroatoms. The third-order valence-electron chi connectivity index (χ3n) is 2.79. The monoisotopic (exact) mass is 332 g/mol. The number of carbonyl (C=O) groups is 1. The maximum absolute atomic E-state index is 13.3. The van der Waals surface area contributed by atoms with E-state index < -0.39 is 29.0 Å². The Morgan fingerprint density at radius 1 is 1.33 bits per heavy atom. The Hall–Kier alpha value is -3.49. The molecule has 0 aliphatic heterocycles. The zero-order valence-corrected chi connectivity index (χ0v) is 12.1. The normalized spacial score (nSPS) is 10.5. The SMILES string of the molecule is O=C(COc1ccccc1F)N/N=C\c1cc([N+](=O)[O-])ccc1[O-]. The van der Waals surface area contributed by atoms with Crippen molar-refractivity contribution in [1.82, 2.24) is 5.43 Å². The number of carbonyl (C=O) groups excluding carboxylic acids is 1. The van der Waals surface area contributed by atoms with Crippen LogP contribution in [0.15, 0.2) is 47.6 Å². The summed E-state index contributed by atoms with van der Waals surface area (Å²) in [5.41, 5.74) is 1.74. The molecule has 0 bridgehead atoms. The van der Waals surface area contributed by atoms with E-state index in [4.69, 9.17) is 4.74 Å². The number of nitrogens with zero attached hydrogens (tertiary/aromatic N) is 2. The summed E-state index contributed by atoms with van der Waals surface area (Å²) >= 11 is 0. The quantitative estimate of drug-likeness (QED) is 0.486. The molecule has 0 unspecified atom stereocenters. The molecule has 124 valence electrons. The third-order valence-corrected chi connectivity index (χ3v) is 2.79. The van der Waals surface area contributed by atoms with Gasteiger partial charge in [-0.05, 0) is 17.7 Å². The van der Waals surface area contributed by atoms with Crippen LogP contribution in [-0.2, 0) is 4.79 Å². The molecule has 0 heterocycles. The van der Waals surface area contributed by atoms with Crippen LogP contribution in [0.3, 0.4) is 0 Å². The summed E-state index contributed by atoms with van der Waals surface area (Å²) in [6, 6.07) is 8.71. The molecule has 2 aromatic rings. The molecule has 8 nitrogen and oxygen atoms in total. The number of hydrogen-bond donors (Lipinski definition) is 1. The van der Waals surface area contributed by atoms with E-state index in [2.05, 4.69) is 10.5 Å². The number of non-ortho nitro benzene ring substituents is 1. The molecule has 0 aliphatic rings. The van der Waals surface area contributed by atoms with Crippen LogP contribution in [0, 0.1) is 15.9 Å². The maximum Gasteiger partial charge on any atom is 0.277 e. The minimum atomic E-state index is -0.688. The second-order valence-electron chi connectivity index (χ2n) is 4.49. The van der Waals surface area contributed by atoms with Gasteiger partial charge >= 0.3 is 0 Å². The van der Waals surface area contributed by atoms with Gasteiger partial charge in [-0.2, -0.15) is 5.10 Å². The molecule has 0 aromatic heterocycles. The number of hydrazone groups is 1. The van der Waals surface area contributed by atoms with Gasteiger partial charge in [-0.15, -0.1) is 0 Å². The summed E-state index contributed by atoms with van der Waals surface area (Å²) in [7, 11) is 0. The van der Waals surface area contributed by atoms with E-state index in [1.54, 1.807) is 6.07 Å². The summed E-state index contributed by atoms with van der Waals surface area (Å²) in [6.07, 6.45) is 0.982. The van der Waals surface area contributed by atoms with Crippen molar-refractivity contribution in [2.75, 3.05) is 6.61 Å². The van der Waals surface area contributed by atoms with E-state index in [1.165, 1.54) is 18.2 Å². The van der Waals surface area contributed by atoms with Gasteiger partial charge < -0.3 is 9.84 Å². The summed E-state index contributed by atoms with van der Waals surface area (Å²) in [5, 5.41) is 25.7. The van der Waals surface area contributed by atoms with Gasteiger partial charge in [0.05, 0.1) is 11.1 Å². The summed E-state index contributed by atoms with van der Waals surface area (Å²) in [4.78, 5) is 21.5. The van der Waals surface area contributed by atoms with Crippen LogP contribution in [0.4, 0.5) is 10.1 Å². The predicted molar refractivity (Wildman–Crippen MR) is 80.2 cm³/mol. The lowest BCUT2D eigenvalue weighted by Gasteiger charge is -2.08. The highest BCUT2D eigenvalue weighted by Gasteiger charge is 2.07. The van der Waals surface area contributed by atoms with Gasteiger partial charge in [-0.25, -0.2) is 9.82 Å². The van der Waals surface area contributed by atoms with Crippen molar-refractivity contribution >= 4 is 17.8 Å². The van der Waals surface area contributed by atoms with Crippen LogP contribution in [0.5, 0.6) is 11.5 Å². The van der Waals surface area contributed by atoms with Crippen molar-refractivity contribution in [3.05, 3.63) is 64.0 Å². The first-order valence-electron chi connectivity index (χ1n) is 6.62. The fraction of sp³-hybridized carbons (Fsp3) is 0.0667. The number of ether oxygens (including phenoxy) is 1. The number of hydrogen-bond acceptors (Lipinski definition) is 6. The van der Waals surface area contributed by atoms with Crippen LogP contribution in [0.1, 0.15) is 5.56 Å². The standard InChI is InChI=1S/C15H12FN3O5/c16-12-3-1-2-4-14(12)24-9-15(21)18-17-8-10-7-11(19(22)23)5-6-13(10)20/h1-8,20H,9H2,(H,18,21)/p-1/b17-8-. The highest BCUT2D eigenvalue weighted by molar-refractivity contribution is 5.86. The first kappa shape index (κ1) is 16.9. The van der Waals surface area contributed by atoms with Gasteiger partial charge in [0.15, 0.2) is 18.2 Å². The topological polar surface area (TPSA) is 117 Å². The molecule has 0 radical (unpaired) electrons. The lowest BCUT2D eigenvalue weighted by atomic mass is 10.2. The van der Waals surface area contributed by atoms with Crippen molar-refractivity contribution < 1.29 is 24.0 Å². The first-order chi connectivity index (χ1) is 11.5. The molecule has 1 amide bonds. The van der Waals surface area contributed by atoms with Gasteiger partial charge in [0.1, 0.15) is 0 Å². The van der Waals surface area contributed by atoms with E-state index in [-0.39, 0.29) is 17.0 Å². The number of nitrogens with one attached hydrogen (secondary N) is 1. The lowest BCUT2D eigenvalue weighted by molar-refractivity contribution is -0.385. The number of benzene rings is 2. The van der Waals surface area contributed by atoms with E-state index in [1.807, 2.05) is 0 Å². The zero-order chi connectivity index (χ0) is 17.5. The van der Waals surface area contributed by atoms with Crippen LogP contribution in [-0.4, -0.2) is 23.7 Å². The number of para-hydroxylation sites is 1. The van der Waals surface area contributed by atoms with Crippen molar-refractivity contribution in [1.29, 1.82) is 0 Å². The van der Waals surface area contributed by atoms with Crippen molar-refractivity contribution in [3.63, 3.8) is 0 Å². The Labute approximate surface area is 135 Å². The Bertz CT molecular complexity index is 794. The second kappa shape index (κ2) is 7.68. The second-order valence-corrected chi connectivity index (χ2v) is 4.49. The number of nitro groups is 1. The van der Waals surface area contributed by atoms with Crippen LogP contribution in [0.2, 0.25) is 0 Å². The van der Waals surface area contributed by atoms with Gasteiger partial charge in [0, 0.05) is 12.1 Å². The molecule has 24 heavy (non-hydrogen) atoms. The van der Waals surface area contributed by atoms with Crippen molar-refractivity contribution in [3.8, 4) is 11.5 Å². The molecular formula is C15H11FN3O5-. The number of halogens is 1. The maximum atomic E-state index is 13.3. The molecule has 0 aliphatic carbocycles. The predicted octanol–water partition coefficient (Wildman–Crippen LogP) is 1.34. The molecule has 2 rings (SSSR count). The summed E-state index contributed by atoms with van der Waals surface area (Å²) in [6.45, 7) is -0.489. The zero-order valence-electron chi connectivity index (χ0n) is 12.1. The average Bonchev–Trinajstić information content (AvgIpc) is 2.55. The van der Waals surface area contributed by atoms with Crippen LogP contribution >= 0.6 is 0 Å². The van der Waals surface area contributed by atoms with E-state index in [9.17, 15) is 24.4 Å².